The summed E-state index contributed by atoms with van der Waals surface area (Å²) in [6.45, 7) is 2.15. The number of hydrogen-bond acceptors (Lipinski definition) is 3. The Kier molecular flexibility index (Phi) is 8.58. The van der Waals surface area contributed by atoms with Crippen molar-refractivity contribution in [1.82, 2.24) is 0 Å². The van der Waals surface area contributed by atoms with E-state index in [9.17, 15) is 9.59 Å². The first-order valence-corrected chi connectivity index (χ1v) is 8.54. The third-order valence-electron chi connectivity index (χ3n) is 4.72. The average molecular weight is 297 g/mol. The zero-order valence-electron chi connectivity index (χ0n) is 13.4. The molecule has 0 aliphatic heterocycles. The second kappa shape index (κ2) is 9.93. The van der Waals surface area contributed by atoms with Crippen LogP contribution in [0, 0.1) is 11.8 Å². The molecule has 3 N–H and O–H groups in total. The Hall–Kier alpha value is -0.900. The van der Waals surface area contributed by atoms with E-state index >= 15 is 0 Å². The SMILES string of the molecule is CCCC(N)CC[C@H]1CCC(=O)[C@@H]1CCCCCC(=O)O. The van der Waals surface area contributed by atoms with Gasteiger partial charge in [-0.25, -0.2) is 0 Å². The maximum atomic E-state index is 12.0. The lowest BCUT2D eigenvalue weighted by Gasteiger charge is -2.20. The lowest BCUT2D eigenvalue weighted by molar-refractivity contribution is -0.137. The lowest BCUT2D eigenvalue weighted by atomic mass is 9.85. The summed E-state index contributed by atoms with van der Waals surface area (Å²) in [5.41, 5.74) is 6.07. The largest absolute Gasteiger partial charge is 0.481 e. The highest BCUT2D eigenvalue weighted by Gasteiger charge is 2.33. The Morgan fingerprint density at radius 1 is 1.29 bits per heavy atom. The molecule has 0 saturated heterocycles. The maximum absolute atomic E-state index is 12.0. The minimum Gasteiger partial charge on any atom is -0.481 e. The van der Waals surface area contributed by atoms with E-state index in [0.29, 0.717) is 11.7 Å². The van der Waals surface area contributed by atoms with Crippen molar-refractivity contribution in [3.63, 3.8) is 0 Å². The molecule has 122 valence electrons. The van der Waals surface area contributed by atoms with Gasteiger partial charge in [-0.1, -0.05) is 26.2 Å². The molecule has 1 fully saturated rings. The van der Waals surface area contributed by atoms with Gasteiger partial charge in [0.05, 0.1) is 0 Å². The van der Waals surface area contributed by atoms with Gasteiger partial charge in [-0.05, 0) is 44.4 Å². The van der Waals surface area contributed by atoms with E-state index in [1.165, 1.54) is 0 Å². The fourth-order valence-corrected chi connectivity index (χ4v) is 3.48. The third kappa shape index (κ3) is 7.07. The molecule has 0 aromatic heterocycles. The summed E-state index contributed by atoms with van der Waals surface area (Å²) in [6.07, 6.45) is 9.85. The number of aliphatic carboxylic acids is 1. The molecular weight excluding hydrogens is 266 g/mol. The number of carboxylic acids is 1. The maximum Gasteiger partial charge on any atom is 0.303 e. The molecule has 21 heavy (non-hydrogen) atoms. The van der Waals surface area contributed by atoms with Crippen LogP contribution in [0.3, 0.4) is 0 Å². The van der Waals surface area contributed by atoms with Crippen LogP contribution in [0.5, 0.6) is 0 Å². The molecule has 1 aliphatic rings. The van der Waals surface area contributed by atoms with Gasteiger partial charge in [0.2, 0.25) is 0 Å². The Labute approximate surface area is 128 Å². The van der Waals surface area contributed by atoms with Gasteiger partial charge < -0.3 is 10.8 Å². The monoisotopic (exact) mass is 297 g/mol. The summed E-state index contributed by atoms with van der Waals surface area (Å²) in [6, 6.07) is 0.280. The minimum atomic E-state index is -0.727. The predicted octanol–water partition coefficient (Wildman–Crippen LogP) is 3.52. The molecule has 1 rings (SSSR count). The Morgan fingerprint density at radius 3 is 2.71 bits per heavy atom. The molecule has 3 atom stereocenters. The normalized spacial score (nSPS) is 23.4. The van der Waals surface area contributed by atoms with Crippen LogP contribution in [-0.4, -0.2) is 22.9 Å². The van der Waals surface area contributed by atoms with Crippen LogP contribution in [0.4, 0.5) is 0 Å². The standard InChI is InChI=1S/C17H31NO3/c1-2-6-14(18)11-9-13-10-12-16(19)15(13)7-4-3-5-8-17(20)21/h13-15H,2-12,18H2,1H3,(H,20,21)/t13-,14?,15+/m0/s1. The zero-order valence-corrected chi connectivity index (χ0v) is 13.4. The number of carbonyl (C=O) groups excluding carboxylic acids is 1. The molecule has 0 aromatic rings. The highest BCUT2D eigenvalue weighted by atomic mass is 16.4. The molecule has 0 heterocycles. The van der Waals surface area contributed by atoms with Crippen molar-refractivity contribution < 1.29 is 14.7 Å². The Bertz CT molecular complexity index is 330. The van der Waals surface area contributed by atoms with Crippen molar-refractivity contribution in [2.45, 2.75) is 83.6 Å². The first-order valence-electron chi connectivity index (χ1n) is 8.54. The number of unbranched alkanes of at least 4 members (excludes halogenated alkanes) is 2. The van der Waals surface area contributed by atoms with Gasteiger partial charge in [-0.3, -0.25) is 9.59 Å². The molecule has 1 saturated carbocycles. The van der Waals surface area contributed by atoms with Crippen molar-refractivity contribution in [3.8, 4) is 0 Å². The number of rotatable bonds is 11. The number of ketones is 1. The first-order chi connectivity index (χ1) is 10.0. The van der Waals surface area contributed by atoms with E-state index in [2.05, 4.69) is 6.92 Å². The first kappa shape index (κ1) is 18.1. The number of hydrogen-bond donors (Lipinski definition) is 2. The molecule has 0 spiro atoms. The molecule has 1 unspecified atom stereocenters. The lowest BCUT2D eigenvalue weighted by Crippen LogP contribution is -2.22. The molecule has 0 bridgehead atoms. The van der Waals surface area contributed by atoms with Crippen molar-refractivity contribution in [2.24, 2.45) is 17.6 Å². The van der Waals surface area contributed by atoms with E-state index in [-0.39, 0.29) is 18.4 Å². The van der Waals surface area contributed by atoms with Gasteiger partial charge in [0, 0.05) is 24.8 Å². The second-order valence-electron chi connectivity index (χ2n) is 6.49. The fourth-order valence-electron chi connectivity index (χ4n) is 3.48. The Morgan fingerprint density at radius 2 is 2.05 bits per heavy atom. The van der Waals surface area contributed by atoms with Crippen molar-refractivity contribution in [3.05, 3.63) is 0 Å². The molecule has 1 aliphatic carbocycles. The van der Waals surface area contributed by atoms with E-state index in [0.717, 1.165) is 64.2 Å². The quantitative estimate of drug-likeness (QED) is 0.572. The smallest absolute Gasteiger partial charge is 0.303 e. The van der Waals surface area contributed by atoms with E-state index < -0.39 is 5.97 Å². The summed E-state index contributed by atoms with van der Waals surface area (Å²) >= 11 is 0. The summed E-state index contributed by atoms with van der Waals surface area (Å²) in [4.78, 5) is 22.5. The zero-order chi connectivity index (χ0) is 15.7. The van der Waals surface area contributed by atoms with Gasteiger partial charge in [0.1, 0.15) is 5.78 Å². The average Bonchev–Trinajstić information content (AvgIpc) is 2.77. The van der Waals surface area contributed by atoms with Gasteiger partial charge in [0.15, 0.2) is 0 Å². The highest BCUT2D eigenvalue weighted by molar-refractivity contribution is 5.83. The second-order valence-corrected chi connectivity index (χ2v) is 6.49. The third-order valence-corrected chi connectivity index (χ3v) is 4.72. The molecule has 0 radical (unpaired) electrons. The Balaban J connectivity index is 2.25. The number of nitrogens with two attached hydrogens (primary N) is 1. The topological polar surface area (TPSA) is 80.4 Å². The van der Waals surface area contributed by atoms with Crippen LogP contribution in [0.15, 0.2) is 0 Å². The van der Waals surface area contributed by atoms with Crippen molar-refractivity contribution >= 4 is 11.8 Å². The van der Waals surface area contributed by atoms with Gasteiger partial charge >= 0.3 is 5.97 Å². The molecular formula is C17H31NO3. The van der Waals surface area contributed by atoms with Crippen LogP contribution in [0.25, 0.3) is 0 Å². The molecule has 4 nitrogen and oxygen atoms in total. The molecule has 0 aromatic carbocycles. The fraction of sp³-hybridized carbons (Fsp3) is 0.882. The van der Waals surface area contributed by atoms with Crippen LogP contribution < -0.4 is 5.73 Å². The van der Waals surface area contributed by atoms with Crippen LogP contribution in [0.1, 0.15) is 77.6 Å². The van der Waals surface area contributed by atoms with E-state index in [1.807, 2.05) is 0 Å². The summed E-state index contributed by atoms with van der Waals surface area (Å²) in [5, 5.41) is 8.61. The predicted molar refractivity (Wildman–Crippen MR) is 84.1 cm³/mol. The number of Topliss-reactive ketones (excluding diaryl/α,β-unsaturated/α-hetero) is 1. The summed E-state index contributed by atoms with van der Waals surface area (Å²) < 4.78 is 0. The number of carbonyl (C=O) groups is 2. The van der Waals surface area contributed by atoms with Gasteiger partial charge in [-0.15, -0.1) is 0 Å². The van der Waals surface area contributed by atoms with Gasteiger partial charge in [-0.2, -0.15) is 0 Å². The summed E-state index contributed by atoms with van der Waals surface area (Å²) in [7, 11) is 0. The van der Waals surface area contributed by atoms with E-state index in [4.69, 9.17) is 10.8 Å². The molecule has 0 amide bonds. The van der Waals surface area contributed by atoms with Gasteiger partial charge in [0.25, 0.3) is 0 Å². The van der Waals surface area contributed by atoms with Crippen LogP contribution in [0.2, 0.25) is 0 Å². The van der Waals surface area contributed by atoms with Crippen molar-refractivity contribution in [2.75, 3.05) is 0 Å². The minimum absolute atomic E-state index is 0.212. The molecule has 4 heteroatoms. The van der Waals surface area contributed by atoms with E-state index in [1.54, 1.807) is 0 Å². The number of carboxylic acid groups (broad SMARTS) is 1. The highest BCUT2D eigenvalue weighted by Crippen LogP contribution is 2.36. The van der Waals surface area contributed by atoms with Crippen molar-refractivity contribution in [1.29, 1.82) is 0 Å². The van der Waals surface area contributed by atoms with Crippen LogP contribution >= 0.6 is 0 Å². The summed E-state index contributed by atoms with van der Waals surface area (Å²) in [5.74, 6) is 0.417. The van der Waals surface area contributed by atoms with Crippen LogP contribution in [-0.2, 0) is 9.59 Å².